The molecule has 1 amide bonds. The van der Waals surface area contributed by atoms with Crippen molar-refractivity contribution in [3.8, 4) is 0 Å². The smallest absolute Gasteiger partial charge is 0.416 e. The number of nitrogens with zero attached hydrogens (tertiary/aromatic N) is 2. The molecule has 1 aliphatic carbocycles. The molecule has 1 saturated carbocycles. The largest absolute Gasteiger partial charge is 0.495 e. The molecule has 43 heavy (non-hydrogen) atoms. The third-order valence-electron chi connectivity index (χ3n) is 8.55. The second-order valence-electron chi connectivity index (χ2n) is 11.2. The number of hydrogen-bond acceptors (Lipinski definition) is 5. The maximum Gasteiger partial charge on any atom is 0.416 e. The van der Waals surface area contributed by atoms with Gasteiger partial charge in [-0.2, -0.15) is 26.3 Å². The van der Waals surface area contributed by atoms with Gasteiger partial charge in [0.2, 0.25) is 0 Å². The standard InChI is InChI=1S/C31H33F6N3O3/c32-30(33,34)23-17-21(18-24(19-23)31(35,36)37)27(41)28(42)38-29(22-5-2-1-3-6-22)10-8-25(9-11-29)39-12-14-40(15-13-39)26-7-4-16-43-20-26/h1-7,17-20,25,27,41H,8-16H2,(H,38,42). The minimum Gasteiger partial charge on any atom is -0.495 e. The maximum atomic E-state index is 13.4. The van der Waals surface area contributed by atoms with E-state index in [4.69, 9.17) is 4.74 Å². The summed E-state index contributed by atoms with van der Waals surface area (Å²) in [5.74, 6) is -1.06. The molecule has 2 aliphatic heterocycles. The summed E-state index contributed by atoms with van der Waals surface area (Å²) in [5, 5.41) is 13.6. The van der Waals surface area contributed by atoms with Gasteiger partial charge in [0.05, 0.1) is 22.4 Å². The summed E-state index contributed by atoms with van der Waals surface area (Å²) in [6.07, 6.45) is -4.26. The highest BCUT2D eigenvalue weighted by atomic mass is 19.4. The van der Waals surface area contributed by atoms with Crippen molar-refractivity contribution in [3.63, 3.8) is 0 Å². The topological polar surface area (TPSA) is 65.0 Å². The van der Waals surface area contributed by atoms with Crippen molar-refractivity contribution >= 4 is 5.91 Å². The fourth-order valence-electron chi connectivity index (χ4n) is 6.22. The zero-order chi connectivity index (χ0) is 30.8. The van der Waals surface area contributed by atoms with Gasteiger partial charge in [0.15, 0.2) is 6.10 Å². The van der Waals surface area contributed by atoms with Crippen LogP contribution in [0.3, 0.4) is 0 Å². The predicted octanol–water partition coefficient (Wildman–Crippen LogP) is 5.76. The van der Waals surface area contributed by atoms with Crippen molar-refractivity contribution in [1.82, 2.24) is 15.1 Å². The highest BCUT2D eigenvalue weighted by Gasteiger charge is 2.42. The molecule has 1 saturated heterocycles. The number of piperazine rings is 1. The minimum absolute atomic E-state index is 0.0305. The number of allylic oxidation sites excluding steroid dienone is 1. The predicted molar refractivity (Wildman–Crippen MR) is 146 cm³/mol. The summed E-state index contributed by atoms with van der Waals surface area (Å²) >= 11 is 0. The van der Waals surface area contributed by atoms with Crippen LogP contribution in [0.1, 0.15) is 54.0 Å². The molecular weight excluding hydrogens is 576 g/mol. The first kappa shape index (κ1) is 30.9. The lowest BCUT2D eigenvalue weighted by molar-refractivity contribution is -0.144. The second kappa shape index (κ2) is 12.2. The van der Waals surface area contributed by atoms with Crippen LogP contribution >= 0.6 is 0 Å². The SMILES string of the molecule is O=C(NC1(c2ccccc2)CCC(N2CCN(C3=COCC=C3)CC2)CC1)C(O)c1cc(C(F)(F)F)cc(C(F)(F)F)c1. The number of hydrogen-bond donors (Lipinski definition) is 2. The van der Waals surface area contributed by atoms with Crippen LogP contribution < -0.4 is 5.32 Å². The summed E-state index contributed by atoms with van der Waals surface area (Å²) in [5.41, 5.74) is -3.10. The quantitative estimate of drug-likeness (QED) is 0.408. The number of carbonyl (C=O) groups is 1. The van der Waals surface area contributed by atoms with Gasteiger partial charge in [-0.1, -0.05) is 30.3 Å². The summed E-state index contributed by atoms with van der Waals surface area (Å²) in [6.45, 7) is 3.92. The fraction of sp³-hybridized carbons (Fsp3) is 0.452. The molecule has 0 radical (unpaired) electrons. The maximum absolute atomic E-state index is 13.4. The third kappa shape index (κ3) is 7.01. The number of halogens is 6. The van der Waals surface area contributed by atoms with Gasteiger partial charge < -0.3 is 20.1 Å². The molecule has 2 aromatic rings. The molecule has 2 aromatic carbocycles. The Hall–Kier alpha value is -3.51. The molecule has 3 aliphatic rings. The van der Waals surface area contributed by atoms with Crippen LogP contribution in [0.5, 0.6) is 0 Å². The van der Waals surface area contributed by atoms with Crippen LogP contribution in [0.4, 0.5) is 26.3 Å². The van der Waals surface area contributed by atoms with Gasteiger partial charge in [0, 0.05) is 32.2 Å². The number of alkyl halides is 6. The number of aliphatic hydroxyl groups excluding tert-OH is 1. The number of amides is 1. The molecule has 1 atom stereocenters. The van der Waals surface area contributed by atoms with E-state index in [2.05, 4.69) is 15.1 Å². The average molecular weight is 610 g/mol. The summed E-state index contributed by atoms with van der Waals surface area (Å²) < 4.78 is 85.8. The second-order valence-corrected chi connectivity index (χ2v) is 11.2. The molecule has 0 aromatic heterocycles. The molecule has 1 unspecified atom stereocenters. The first-order chi connectivity index (χ1) is 20.4. The molecule has 6 nitrogen and oxygen atoms in total. The molecule has 5 rings (SSSR count). The Bertz CT molecular complexity index is 1310. The molecule has 12 heteroatoms. The highest BCUT2D eigenvalue weighted by molar-refractivity contribution is 5.83. The van der Waals surface area contributed by atoms with E-state index in [9.17, 15) is 36.2 Å². The van der Waals surface area contributed by atoms with Crippen LogP contribution in [-0.4, -0.2) is 59.6 Å². The molecule has 0 spiro atoms. The Kier molecular flexibility index (Phi) is 8.80. The molecule has 2 heterocycles. The molecule has 2 N–H and O–H groups in total. The Balaban J connectivity index is 1.31. The number of rotatable bonds is 6. The van der Waals surface area contributed by atoms with Crippen molar-refractivity contribution in [2.24, 2.45) is 0 Å². The summed E-state index contributed by atoms with van der Waals surface area (Å²) in [4.78, 5) is 18.0. The Labute approximate surface area is 245 Å². The first-order valence-electron chi connectivity index (χ1n) is 14.2. The first-order valence-corrected chi connectivity index (χ1v) is 14.2. The van der Waals surface area contributed by atoms with E-state index in [0.717, 1.165) is 37.4 Å². The van der Waals surface area contributed by atoms with Crippen LogP contribution in [0.2, 0.25) is 0 Å². The Morgan fingerprint density at radius 2 is 1.53 bits per heavy atom. The molecule has 0 bridgehead atoms. The Morgan fingerprint density at radius 3 is 2.07 bits per heavy atom. The van der Waals surface area contributed by atoms with Crippen LogP contribution in [0.25, 0.3) is 0 Å². The van der Waals surface area contributed by atoms with Gasteiger partial charge in [0.1, 0.15) is 12.9 Å². The van der Waals surface area contributed by atoms with E-state index in [1.807, 2.05) is 30.4 Å². The summed E-state index contributed by atoms with van der Waals surface area (Å²) in [7, 11) is 0. The Morgan fingerprint density at radius 1 is 0.930 bits per heavy atom. The van der Waals surface area contributed by atoms with E-state index < -0.39 is 46.6 Å². The van der Waals surface area contributed by atoms with Gasteiger partial charge in [-0.15, -0.1) is 0 Å². The van der Waals surface area contributed by atoms with Crippen LogP contribution in [-0.2, 0) is 27.4 Å². The highest BCUT2D eigenvalue weighted by Crippen LogP contribution is 2.41. The lowest BCUT2D eigenvalue weighted by Crippen LogP contribution is -2.55. The monoisotopic (exact) mass is 609 g/mol. The van der Waals surface area contributed by atoms with Crippen molar-refractivity contribution in [1.29, 1.82) is 0 Å². The van der Waals surface area contributed by atoms with E-state index in [0.29, 0.717) is 44.4 Å². The number of benzene rings is 2. The average Bonchev–Trinajstić information content (AvgIpc) is 3.01. The van der Waals surface area contributed by atoms with E-state index in [-0.39, 0.29) is 12.1 Å². The number of nitrogens with one attached hydrogen (secondary N) is 1. The van der Waals surface area contributed by atoms with Gasteiger partial charge in [-0.25, -0.2) is 0 Å². The lowest BCUT2D eigenvalue weighted by Gasteiger charge is -2.47. The number of ether oxygens (including phenoxy) is 1. The molecule has 2 fully saturated rings. The van der Waals surface area contributed by atoms with Crippen LogP contribution in [0.15, 0.2) is 72.6 Å². The van der Waals surface area contributed by atoms with Gasteiger partial charge in [0.25, 0.3) is 5.91 Å². The van der Waals surface area contributed by atoms with Crippen molar-refractivity contribution < 1.29 is 41.0 Å². The normalized spacial score (nSPS) is 24.2. The zero-order valence-corrected chi connectivity index (χ0v) is 23.3. The van der Waals surface area contributed by atoms with Crippen molar-refractivity contribution in [2.45, 2.75) is 55.7 Å². The third-order valence-corrected chi connectivity index (χ3v) is 8.55. The van der Waals surface area contributed by atoms with Crippen molar-refractivity contribution in [2.75, 3.05) is 32.8 Å². The molecule has 232 valence electrons. The van der Waals surface area contributed by atoms with E-state index in [1.165, 1.54) is 0 Å². The minimum atomic E-state index is -5.10. The van der Waals surface area contributed by atoms with Gasteiger partial charge in [-0.05, 0) is 67.2 Å². The van der Waals surface area contributed by atoms with Crippen molar-refractivity contribution in [3.05, 3.63) is 94.9 Å². The lowest BCUT2D eigenvalue weighted by atomic mass is 9.74. The van der Waals surface area contributed by atoms with E-state index >= 15 is 0 Å². The van der Waals surface area contributed by atoms with Gasteiger partial charge in [-0.3, -0.25) is 9.69 Å². The molecular formula is C31H33F6N3O3. The van der Waals surface area contributed by atoms with Gasteiger partial charge >= 0.3 is 12.4 Å². The fourth-order valence-corrected chi connectivity index (χ4v) is 6.22. The summed E-state index contributed by atoms with van der Waals surface area (Å²) in [6, 6.07) is 10.0. The van der Waals surface area contributed by atoms with E-state index in [1.54, 1.807) is 18.4 Å². The zero-order valence-electron chi connectivity index (χ0n) is 23.3. The number of carbonyl (C=O) groups excluding carboxylic acids is 1. The van der Waals surface area contributed by atoms with Crippen LogP contribution in [0, 0.1) is 0 Å². The number of aliphatic hydroxyl groups is 1.